The van der Waals surface area contributed by atoms with Crippen LogP contribution in [0.1, 0.15) is 38.5 Å². The molecule has 1 saturated carbocycles. The smallest absolute Gasteiger partial charge is 0.0800 e. The Kier molecular flexibility index (Phi) is 7.26. The van der Waals surface area contributed by atoms with Crippen molar-refractivity contribution >= 4 is 80.4 Å². The van der Waals surface area contributed by atoms with Gasteiger partial charge in [0.25, 0.3) is 0 Å². The van der Waals surface area contributed by atoms with Crippen molar-refractivity contribution in [2.24, 2.45) is 0 Å². The molecule has 1 aliphatic carbocycles. The Morgan fingerprint density at radius 3 is 1.45 bits per heavy atom. The van der Waals surface area contributed by atoms with Gasteiger partial charge in [0.15, 0.2) is 0 Å². The minimum Gasteiger partial charge on any atom is -0.0827 e. The molecular formula is C16H14Cl6. The lowest BCUT2D eigenvalue weighted by molar-refractivity contribution is 0.504. The Hall–Kier alpha value is 0.440. The number of fused-ring (bicyclic) bond motifs is 1. The molecule has 0 saturated heterocycles. The molecule has 120 valence electrons. The summed E-state index contributed by atoms with van der Waals surface area (Å²) in [5.74, 6) is 0. The normalized spacial score (nSPS) is 14.6. The summed E-state index contributed by atoms with van der Waals surface area (Å²) in [6.45, 7) is 0. The summed E-state index contributed by atoms with van der Waals surface area (Å²) in [7, 11) is 0. The van der Waals surface area contributed by atoms with Gasteiger partial charge in [-0.3, -0.25) is 0 Å². The molecule has 0 unspecified atom stereocenters. The van der Waals surface area contributed by atoms with Crippen molar-refractivity contribution in [3.63, 3.8) is 0 Å². The molecule has 0 N–H and O–H groups in total. The zero-order valence-corrected chi connectivity index (χ0v) is 16.2. The Morgan fingerprint density at radius 1 is 0.500 bits per heavy atom. The summed E-state index contributed by atoms with van der Waals surface area (Å²) >= 11 is 35.9. The van der Waals surface area contributed by atoms with Crippen LogP contribution >= 0.6 is 69.6 Å². The van der Waals surface area contributed by atoms with E-state index in [1.807, 2.05) is 0 Å². The van der Waals surface area contributed by atoms with Crippen molar-refractivity contribution in [3.8, 4) is 0 Å². The van der Waals surface area contributed by atoms with E-state index in [1.165, 1.54) is 38.5 Å². The highest BCUT2D eigenvalue weighted by molar-refractivity contribution is 6.57. The number of hydrogen-bond acceptors (Lipinski definition) is 0. The number of hydrogen-bond donors (Lipinski definition) is 0. The van der Waals surface area contributed by atoms with Gasteiger partial charge in [0.05, 0.1) is 30.1 Å². The lowest BCUT2D eigenvalue weighted by atomic mass is 10.0. The van der Waals surface area contributed by atoms with Gasteiger partial charge in [-0.25, -0.2) is 0 Å². The third kappa shape index (κ3) is 4.09. The first kappa shape index (κ1) is 18.8. The fourth-order valence-electron chi connectivity index (χ4n) is 2.43. The maximum absolute atomic E-state index is 6.06. The molecule has 0 atom stereocenters. The molecular weight excluding hydrogens is 405 g/mol. The first-order chi connectivity index (χ1) is 10.4. The SMILES string of the molecule is C1CCCCC1.Clc1ccc2c(Cl)c(Cl)c(Cl)c(Cl)c2c1Cl. The standard InChI is InChI=1S/C10H2Cl6.C6H12/c11-4-2-1-3-5(7(4)13)8(14)10(16)9(15)6(3)12;1-2-4-6-5-3-1/h1-2H;1-6H2. The monoisotopic (exact) mass is 416 g/mol. The Bertz CT molecular complexity index is 665. The van der Waals surface area contributed by atoms with Crippen LogP contribution in [-0.2, 0) is 0 Å². The summed E-state index contributed by atoms with van der Waals surface area (Å²) in [6.07, 6.45) is 9.00. The van der Waals surface area contributed by atoms with Crippen LogP contribution in [0.2, 0.25) is 30.1 Å². The maximum Gasteiger partial charge on any atom is 0.0800 e. The predicted molar refractivity (Wildman–Crippen MR) is 102 cm³/mol. The minimum absolute atomic E-state index is 0.171. The molecule has 0 radical (unpaired) electrons. The zero-order chi connectivity index (χ0) is 16.3. The summed E-state index contributed by atoms with van der Waals surface area (Å²) in [5, 5.41) is 2.76. The van der Waals surface area contributed by atoms with E-state index < -0.39 is 0 Å². The molecule has 0 aliphatic heterocycles. The van der Waals surface area contributed by atoms with E-state index in [1.54, 1.807) is 12.1 Å². The highest BCUT2D eigenvalue weighted by atomic mass is 35.5. The van der Waals surface area contributed by atoms with Gasteiger partial charge < -0.3 is 0 Å². The largest absolute Gasteiger partial charge is 0.0827 e. The van der Waals surface area contributed by atoms with E-state index in [4.69, 9.17) is 69.6 Å². The fraction of sp³-hybridized carbons (Fsp3) is 0.375. The summed E-state index contributed by atoms with van der Waals surface area (Å²) in [5.41, 5.74) is 0. The highest BCUT2D eigenvalue weighted by Gasteiger charge is 2.18. The van der Waals surface area contributed by atoms with Crippen LogP contribution in [0, 0.1) is 0 Å². The molecule has 1 aliphatic rings. The van der Waals surface area contributed by atoms with Crippen molar-refractivity contribution in [1.29, 1.82) is 0 Å². The summed E-state index contributed by atoms with van der Waals surface area (Å²) in [4.78, 5) is 0. The second kappa shape index (κ2) is 8.51. The molecule has 0 nitrogen and oxygen atoms in total. The average molecular weight is 419 g/mol. The van der Waals surface area contributed by atoms with E-state index in [-0.39, 0.29) is 15.1 Å². The molecule has 1 fully saturated rings. The number of halogens is 6. The number of rotatable bonds is 0. The number of benzene rings is 2. The lowest BCUT2D eigenvalue weighted by Crippen LogP contribution is -1.85. The first-order valence-corrected chi connectivity index (χ1v) is 9.31. The summed E-state index contributed by atoms with van der Waals surface area (Å²) in [6, 6.07) is 3.32. The van der Waals surface area contributed by atoms with E-state index in [2.05, 4.69) is 0 Å². The van der Waals surface area contributed by atoms with Crippen molar-refractivity contribution < 1.29 is 0 Å². The molecule has 3 rings (SSSR count). The average Bonchev–Trinajstić information content (AvgIpc) is 2.55. The van der Waals surface area contributed by atoms with Crippen LogP contribution in [0.4, 0.5) is 0 Å². The van der Waals surface area contributed by atoms with Crippen LogP contribution in [0.25, 0.3) is 10.8 Å². The van der Waals surface area contributed by atoms with Gasteiger partial charge in [0.2, 0.25) is 0 Å². The molecule has 2 aromatic carbocycles. The van der Waals surface area contributed by atoms with E-state index in [0.29, 0.717) is 25.8 Å². The molecule has 2 aromatic rings. The van der Waals surface area contributed by atoms with Gasteiger partial charge in [-0.15, -0.1) is 0 Å². The lowest BCUT2D eigenvalue weighted by Gasteiger charge is -2.10. The van der Waals surface area contributed by atoms with Crippen molar-refractivity contribution in [2.75, 3.05) is 0 Å². The second-order valence-electron chi connectivity index (χ2n) is 5.16. The molecule has 22 heavy (non-hydrogen) atoms. The topological polar surface area (TPSA) is 0 Å². The minimum atomic E-state index is 0.171. The van der Waals surface area contributed by atoms with E-state index in [0.717, 1.165) is 0 Å². The van der Waals surface area contributed by atoms with Crippen LogP contribution in [-0.4, -0.2) is 0 Å². The van der Waals surface area contributed by atoms with Gasteiger partial charge in [-0.05, 0) is 6.07 Å². The van der Waals surface area contributed by atoms with Crippen LogP contribution in [0.5, 0.6) is 0 Å². The van der Waals surface area contributed by atoms with E-state index in [9.17, 15) is 0 Å². The van der Waals surface area contributed by atoms with Crippen molar-refractivity contribution in [1.82, 2.24) is 0 Å². The van der Waals surface area contributed by atoms with Gasteiger partial charge in [0, 0.05) is 10.8 Å². The molecule has 0 heterocycles. The third-order valence-electron chi connectivity index (χ3n) is 3.63. The van der Waals surface area contributed by atoms with E-state index >= 15 is 0 Å². The first-order valence-electron chi connectivity index (χ1n) is 7.04. The van der Waals surface area contributed by atoms with Crippen molar-refractivity contribution in [3.05, 3.63) is 42.3 Å². The summed E-state index contributed by atoms with van der Waals surface area (Å²) < 4.78 is 0. The van der Waals surface area contributed by atoms with Gasteiger partial charge in [0.1, 0.15) is 0 Å². The molecule has 0 aromatic heterocycles. The Balaban J connectivity index is 0.000000246. The van der Waals surface area contributed by atoms with Crippen LogP contribution in [0.15, 0.2) is 12.1 Å². The molecule has 0 spiro atoms. The van der Waals surface area contributed by atoms with Gasteiger partial charge >= 0.3 is 0 Å². The predicted octanol–water partition coefficient (Wildman–Crippen LogP) is 9.10. The van der Waals surface area contributed by atoms with Gasteiger partial charge in [-0.2, -0.15) is 0 Å². The molecule has 0 amide bonds. The molecule has 0 bridgehead atoms. The maximum atomic E-state index is 6.06. The Labute approximate surface area is 160 Å². The quantitative estimate of drug-likeness (QED) is 0.295. The third-order valence-corrected chi connectivity index (χ3v) is 6.25. The second-order valence-corrected chi connectivity index (χ2v) is 7.46. The fourth-order valence-corrected chi connectivity index (χ4v) is 3.92. The zero-order valence-electron chi connectivity index (χ0n) is 11.7. The van der Waals surface area contributed by atoms with Crippen molar-refractivity contribution in [2.45, 2.75) is 38.5 Å². The highest BCUT2D eigenvalue weighted by Crippen LogP contribution is 2.46. The van der Waals surface area contributed by atoms with Gasteiger partial charge in [-0.1, -0.05) is 114 Å². The van der Waals surface area contributed by atoms with Crippen LogP contribution < -0.4 is 0 Å². The molecule has 6 heteroatoms. The van der Waals surface area contributed by atoms with Crippen LogP contribution in [0.3, 0.4) is 0 Å². The Morgan fingerprint density at radius 2 is 0.955 bits per heavy atom.